The second-order valence-corrected chi connectivity index (χ2v) is 6.25. The lowest BCUT2D eigenvalue weighted by atomic mass is 9.85. The lowest BCUT2D eigenvalue weighted by Crippen LogP contribution is -2.27. The second kappa shape index (κ2) is 4.55. The Kier molecular flexibility index (Phi) is 2.94. The molecule has 0 unspecified atom stereocenters. The molecule has 3 heteroatoms. The van der Waals surface area contributed by atoms with Crippen LogP contribution in [0.1, 0.15) is 36.7 Å². The van der Waals surface area contributed by atoms with Crippen molar-refractivity contribution in [3.05, 3.63) is 59.7 Å². The standard InChI is InChI=1S/C18H17NO2/c1-18(2,3)13-9-5-7-11-15(13)19-14-10-6-4-8-12(14)16(20)17(19)21/h4-11H,1-3H3. The number of carbonyl (C=O) groups is 2. The Balaban J connectivity index is 2.23. The third-order valence-corrected chi connectivity index (χ3v) is 3.74. The van der Waals surface area contributed by atoms with Crippen LogP contribution < -0.4 is 4.90 Å². The molecule has 1 aliphatic rings. The number of nitrogens with zero attached hydrogens (tertiary/aromatic N) is 1. The number of para-hydroxylation sites is 2. The molecule has 106 valence electrons. The molecule has 1 amide bonds. The van der Waals surface area contributed by atoms with Crippen LogP contribution in [-0.2, 0) is 10.2 Å². The van der Waals surface area contributed by atoms with Gasteiger partial charge in [0.25, 0.3) is 5.78 Å². The summed E-state index contributed by atoms with van der Waals surface area (Å²) in [7, 11) is 0. The van der Waals surface area contributed by atoms with Crippen molar-refractivity contribution in [3.63, 3.8) is 0 Å². The summed E-state index contributed by atoms with van der Waals surface area (Å²) in [6, 6.07) is 14.9. The highest BCUT2D eigenvalue weighted by atomic mass is 16.2. The highest BCUT2D eigenvalue weighted by Gasteiger charge is 2.38. The van der Waals surface area contributed by atoms with Crippen molar-refractivity contribution in [1.82, 2.24) is 0 Å². The first kappa shape index (κ1) is 13.6. The highest BCUT2D eigenvalue weighted by Crippen LogP contribution is 2.40. The summed E-state index contributed by atoms with van der Waals surface area (Å²) < 4.78 is 0. The molecule has 0 N–H and O–H groups in total. The van der Waals surface area contributed by atoms with Crippen LogP contribution in [0.3, 0.4) is 0 Å². The normalized spacial score (nSPS) is 14.5. The number of hydrogen-bond acceptors (Lipinski definition) is 2. The van der Waals surface area contributed by atoms with Gasteiger partial charge in [0.1, 0.15) is 0 Å². The first-order chi connectivity index (χ1) is 9.91. The van der Waals surface area contributed by atoms with Gasteiger partial charge in [-0.05, 0) is 29.2 Å². The molecule has 0 saturated carbocycles. The Morgan fingerprint density at radius 3 is 2.05 bits per heavy atom. The van der Waals surface area contributed by atoms with E-state index in [4.69, 9.17) is 0 Å². The molecule has 2 aromatic rings. The average Bonchev–Trinajstić information content (AvgIpc) is 2.71. The van der Waals surface area contributed by atoms with Gasteiger partial charge in [-0.2, -0.15) is 0 Å². The van der Waals surface area contributed by atoms with E-state index < -0.39 is 11.7 Å². The lowest BCUT2D eigenvalue weighted by Gasteiger charge is -2.27. The first-order valence-corrected chi connectivity index (χ1v) is 6.98. The average molecular weight is 279 g/mol. The molecule has 3 nitrogen and oxygen atoms in total. The quantitative estimate of drug-likeness (QED) is 0.744. The third kappa shape index (κ3) is 2.05. The summed E-state index contributed by atoms with van der Waals surface area (Å²) >= 11 is 0. The molecule has 0 fully saturated rings. The maximum atomic E-state index is 12.4. The van der Waals surface area contributed by atoms with Crippen molar-refractivity contribution in [1.29, 1.82) is 0 Å². The van der Waals surface area contributed by atoms with Crippen LogP contribution in [0.15, 0.2) is 48.5 Å². The summed E-state index contributed by atoms with van der Waals surface area (Å²) in [5, 5.41) is 0. The predicted molar refractivity (Wildman–Crippen MR) is 83.1 cm³/mol. The van der Waals surface area contributed by atoms with Gasteiger partial charge in [0, 0.05) is 0 Å². The predicted octanol–water partition coefficient (Wildman–Crippen LogP) is 3.85. The van der Waals surface area contributed by atoms with E-state index in [-0.39, 0.29) is 5.41 Å². The van der Waals surface area contributed by atoms with Crippen molar-refractivity contribution in [2.45, 2.75) is 26.2 Å². The molecular formula is C18H17NO2. The smallest absolute Gasteiger partial charge is 0.283 e. The minimum atomic E-state index is -0.479. The van der Waals surface area contributed by atoms with E-state index in [0.29, 0.717) is 11.3 Å². The lowest BCUT2D eigenvalue weighted by molar-refractivity contribution is -0.113. The Labute approximate surface area is 124 Å². The molecule has 1 heterocycles. The summed E-state index contributed by atoms with van der Waals surface area (Å²) in [5.41, 5.74) is 2.86. The van der Waals surface area contributed by atoms with Gasteiger partial charge in [-0.3, -0.25) is 14.5 Å². The number of carbonyl (C=O) groups excluding carboxylic acids is 2. The highest BCUT2D eigenvalue weighted by molar-refractivity contribution is 6.53. The van der Waals surface area contributed by atoms with Gasteiger partial charge in [0.15, 0.2) is 0 Å². The van der Waals surface area contributed by atoms with Crippen molar-refractivity contribution in [2.24, 2.45) is 0 Å². The van der Waals surface area contributed by atoms with Gasteiger partial charge in [-0.1, -0.05) is 51.1 Å². The SMILES string of the molecule is CC(C)(C)c1ccccc1N1C(=O)C(=O)c2ccccc21. The molecule has 21 heavy (non-hydrogen) atoms. The van der Waals surface area contributed by atoms with Crippen molar-refractivity contribution >= 4 is 23.1 Å². The topological polar surface area (TPSA) is 37.4 Å². The van der Waals surface area contributed by atoms with Gasteiger partial charge < -0.3 is 0 Å². The van der Waals surface area contributed by atoms with Gasteiger partial charge in [0.05, 0.1) is 16.9 Å². The van der Waals surface area contributed by atoms with E-state index in [0.717, 1.165) is 11.3 Å². The maximum absolute atomic E-state index is 12.4. The van der Waals surface area contributed by atoms with E-state index in [9.17, 15) is 9.59 Å². The van der Waals surface area contributed by atoms with Crippen LogP contribution >= 0.6 is 0 Å². The molecule has 0 bridgehead atoms. The minimum absolute atomic E-state index is 0.114. The number of ketones is 1. The minimum Gasteiger partial charge on any atom is -0.283 e. The zero-order chi connectivity index (χ0) is 15.2. The first-order valence-electron chi connectivity index (χ1n) is 6.98. The Morgan fingerprint density at radius 2 is 1.38 bits per heavy atom. The van der Waals surface area contributed by atoms with Crippen molar-refractivity contribution in [3.8, 4) is 0 Å². The zero-order valence-electron chi connectivity index (χ0n) is 12.4. The van der Waals surface area contributed by atoms with Crippen LogP contribution in [0.2, 0.25) is 0 Å². The summed E-state index contributed by atoms with van der Waals surface area (Å²) in [4.78, 5) is 26.1. The number of fused-ring (bicyclic) bond motifs is 1. The molecule has 0 aliphatic carbocycles. The number of benzene rings is 2. The van der Waals surface area contributed by atoms with E-state index in [1.807, 2.05) is 36.4 Å². The van der Waals surface area contributed by atoms with Crippen LogP contribution in [-0.4, -0.2) is 11.7 Å². The Bertz CT molecular complexity index is 741. The number of rotatable bonds is 1. The third-order valence-electron chi connectivity index (χ3n) is 3.74. The molecule has 1 aliphatic heterocycles. The largest absolute Gasteiger partial charge is 0.304 e. The molecule has 3 rings (SSSR count). The fourth-order valence-electron chi connectivity index (χ4n) is 2.73. The molecule has 0 aromatic heterocycles. The van der Waals surface area contributed by atoms with Crippen LogP contribution in [0.25, 0.3) is 0 Å². The molecule has 0 spiro atoms. The molecule has 2 aromatic carbocycles. The van der Waals surface area contributed by atoms with Gasteiger partial charge in [0.2, 0.25) is 0 Å². The van der Waals surface area contributed by atoms with Gasteiger partial charge in [-0.25, -0.2) is 0 Å². The molecule has 0 saturated heterocycles. The second-order valence-electron chi connectivity index (χ2n) is 6.25. The molecule has 0 radical (unpaired) electrons. The fourth-order valence-corrected chi connectivity index (χ4v) is 2.73. The number of hydrogen-bond donors (Lipinski definition) is 0. The van der Waals surface area contributed by atoms with E-state index in [1.54, 1.807) is 12.1 Å². The molecule has 0 atom stereocenters. The summed E-state index contributed by atoms with van der Waals surface area (Å²) in [6.07, 6.45) is 0. The fraction of sp³-hybridized carbons (Fsp3) is 0.222. The van der Waals surface area contributed by atoms with Crippen molar-refractivity contribution < 1.29 is 9.59 Å². The number of amides is 1. The zero-order valence-corrected chi connectivity index (χ0v) is 12.4. The number of Topliss-reactive ketones (excluding diaryl/α,β-unsaturated/α-hetero) is 1. The van der Waals surface area contributed by atoms with E-state index >= 15 is 0 Å². The van der Waals surface area contributed by atoms with E-state index in [1.165, 1.54) is 4.90 Å². The van der Waals surface area contributed by atoms with Crippen LogP contribution in [0, 0.1) is 0 Å². The van der Waals surface area contributed by atoms with Gasteiger partial charge >= 0.3 is 5.91 Å². The molecular weight excluding hydrogens is 262 g/mol. The van der Waals surface area contributed by atoms with Crippen LogP contribution in [0.5, 0.6) is 0 Å². The Morgan fingerprint density at radius 1 is 0.810 bits per heavy atom. The van der Waals surface area contributed by atoms with Gasteiger partial charge in [-0.15, -0.1) is 0 Å². The Hall–Kier alpha value is -2.42. The van der Waals surface area contributed by atoms with E-state index in [2.05, 4.69) is 20.8 Å². The van der Waals surface area contributed by atoms with Crippen LogP contribution in [0.4, 0.5) is 11.4 Å². The maximum Gasteiger partial charge on any atom is 0.304 e. The van der Waals surface area contributed by atoms with Crippen molar-refractivity contribution in [2.75, 3.05) is 4.90 Å². The monoisotopic (exact) mass is 279 g/mol. The summed E-state index contributed by atoms with van der Waals surface area (Å²) in [5.74, 6) is -0.915. The number of anilines is 2. The summed E-state index contributed by atoms with van der Waals surface area (Å²) in [6.45, 7) is 6.29.